The fourth-order valence-corrected chi connectivity index (χ4v) is 3.01. The summed E-state index contributed by atoms with van der Waals surface area (Å²) in [5.74, 6) is 0.149. The van der Waals surface area contributed by atoms with E-state index >= 15 is 0 Å². The summed E-state index contributed by atoms with van der Waals surface area (Å²) in [6.07, 6.45) is 0. The summed E-state index contributed by atoms with van der Waals surface area (Å²) in [6.45, 7) is 9.89. The number of H-pyrrole nitrogens is 1. The van der Waals surface area contributed by atoms with Crippen LogP contribution in [0, 0.1) is 5.41 Å². The third kappa shape index (κ3) is 4.59. The maximum Gasteiger partial charge on any atom is 0.272 e. The van der Waals surface area contributed by atoms with E-state index in [2.05, 4.69) is 64.0 Å². The monoisotopic (exact) mass is 344 g/mol. The number of nitrogens with one attached hydrogen (secondary N) is 2. The number of carbonyl (C=O) groups excluding carboxylic acids is 1. The Morgan fingerprint density at radius 1 is 1.45 bits per heavy atom. The second-order valence-electron chi connectivity index (χ2n) is 6.54. The van der Waals surface area contributed by atoms with Crippen LogP contribution >= 0.6 is 15.9 Å². The zero-order valence-corrected chi connectivity index (χ0v) is 14.8. The van der Waals surface area contributed by atoms with E-state index in [0.29, 0.717) is 18.2 Å². The first-order valence-corrected chi connectivity index (χ1v) is 7.60. The van der Waals surface area contributed by atoms with E-state index in [1.165, 1.54) is 0 Å². The SMILES string of the molecule is CC(C)c1[nH]nc(C(=O)NCC(C)(C)CN(C)C)c1Br. The van der Waals surface area contributed by atoms with E-state index in [9.17, 15) is 4.79 Å². The highest BCUT2D eigenvalue weighted by atomic mass is 79.9. The highest BCUT2D eigenvalue weighted by molar-refractivity contribution is 9.10. The van der Waals surface area contributed by atoms with Crippen LogP contribution in [0.1, 0.15) is 49.8 Å². The van der Waals surface area contributed by atoms with Gasteiger partial charge in [0.05, 0.1) is 10.2 Å². The van der Waals surface area contributed by atoms with Gasteiger partial charge in [-0.2, -0.15) is 5.10 Å². The topological polar surface area (TPSA) is 61.0 Å². The van der Waals surface area contributed by atoms with Gasteiger partial charge in [0.1, 0.15) is 0 Å². The molecule has 0 radical (unpaired) electrons. The summed E-state index contributed by atoms with van der Waals surface area (Å²) >= 11 is 3.45. The fraction of sp³-hybridized carbons (Fsp3) is 0.714. The van der Waals surface area contributed by atoms with Crippen LogP contribution < -0.4 is 5.32 Å². The van der Waals surface area contributed by atoms with Gasteiger partial charge in [-0.15, -0.1) is 0 Å². The molecule has 20 heavy (non-hydrogen) atoms. The lowest BCUT2D eigenvalue weighted by Crippen LogP contribution is -2.40. The quantitative estimate of drug-likeness (QED) is 0.833. The molecule has 0 unspecified atom stereocenters. The Kier molecular flexibility index (Phi) is 5.77. The normalized spacial score (nSPS) is 12.2. The van der Waals surface area contributed by atoms with Gasteiger partial charge in [-0.3, -0.25) is 9.89 Å². The van der Waals surface area contributed by atoms with E-state index in [1.807, 2.05) is 14.1 Å². The molecule has 0 fully saturated rings. The fourth-order valence-electron chi connectivity index (χ4n) is 2.19. The van der Waals surface area contributed by atoms with Crippen LogP contribution in [0.4, 0.5) is 0 Å². The molecule has 1 aromatic heterocycles. The maximum atomic E-state index is 12.2. The Bertz CT molecular complexity index is 466. The third-order valence-electron chi connectivity index (χ3n) is 3.00. The van der Waals surface area contributed by atoms with Crippen LogP contribution in [0.5, 0.6) is 0 Å². The minimum absolute atomic E-state index is 0.0167. The first-order valence-electron chi connectivity index (χ1n) is 6.81. The summed E-state index contributed by atoms with van der Waals surface area (Å²) < 4.78 is 0.760. The molecule has 1 rings (SSSR count). The van der Waals surface area contributed by atoms with Crippen LogP contribution in [-0.4, -0.2) is 48.2 Å². The number of halogens is 1. The molecule has 0 saturated carbocycles. The van der Waals surface area contributed by atoms with Gasteiger partial charge in [0.2, 0.25) is 0 Å². The van der Waals surface area contributed by atoms with Crippen molar-refractivity contribution in [2.24, 2.45) is 5.41 Å². The molecule has 1 amide bonds. The van der Waals surface area contributed by atoms with Crippen molar-refractivity contribution >= 4 is 21.8 Å². The molecule has 114 valence electrons. The minimum atomic E-state index is -0.146. The molecule has 0 aliphatic carbocycles. The van der Waals surface area contributed by atoms with Gasteiger partial charge in [0.25, 0.3) is 5.91 Å². The summed E-state index contributed by atoms with van der Waals surface area (Å²) in [5, 5.41) is 9.98. The van der Waals surface area contributed by atoms with Crippen LogP contribution in [-0.2, 0) is 0 Å². The molecule has 0 spiro atoms. The van der Waals surface area contributed by atoms with Crippen molar-refractivity contribution < 1.29 is 4.79 Å². The number of carbonyl (C=O) groups is 1. The average molecular weight is 345 g/mol. The molecule has 0 aliphatic rings. The number of aromatic nitrogens is 2. The van der Waals surface area contributed by atoms with Gasteiger partial charge in [-0.05, 0) is 41.4 Å². The lowest BCUT2D eigenvalue weighted by molar-refractivity contribution is 0.0923. The van der Waals surface area contributed by atoms with Crippen molar-refractivity contribution in [3.8, 4) is 0 Å². The second-order valence-corrected chi connectivity index (χ2v) is 7.33. The number of amides is 1. The number of nitrogens with zero attached hydrogens (tertiary/aromatic N) is 2. The Balaban J connectivity index is 2.68. The standard InChI is InChI=1S/C14H25BrN4O/c1-9(2)11-10(15)12(18-17-11)13(20)16-7-14(3,4)8-19(5)6/h9H,7-8H2,1-6H3,(H,16,20)(H,17,18). The highest BCUT2D eigenvalue weighted by Gasteiger charge is 2.23. The predicted octanol–water partition coefficient (Wildman–Crippen LogP) is 2.61. The van der Waals surface area contributed by atoms with Crippen molar-refractivity contribution in [3.05, 3.63) is 15.9 Å². The van der Waals surface area contributed by atoms with Gasteiger partial charge < -0.3 is 10.2 Å². The van der Waals surface area contributed by atoms with Crippen molar-refractivity contribution in [2.75, 3.05) is 27.2 Å². The summed E-state index contributed by atoms with van der Waals surface area (Å²) in [6, 6.07) is 0. The second kappa shape index (κ2) is 6.72. The smallest absolute Gasteiger partial charge is 0.272 e. The third-order valence-corrected chi connectivity index (χ3v) is 3.80. The average Bonchev–Trinajstić information content (AvgIpc) is 2.66. The molecule has 5 nitrogen and oxygen atoms in total. The summed E-state index contributed by atoms with van der Waals surface area (Å²) in [7, 11) is 4.06. The predicted molar refractivity (Wildman–Crippen MR) is 85.0 cm³/mol. The first-order chi connectivity index (χ1) is 9.14. The van der Waals surface area contributed by atoms with Gasteiger partial charge in [0, 0.05) is 13.1 Å². The van der Waals surface area contributed by atoms with Crippen LogP contribution in [0.25, 0.3) is 0 Å². The molecule has 0 aromatic carbocycles. The maximum absolute atomic E-state index is 12.2. The number of hydrogen-bond acceptors (Lipinski definition) is 3. The number of hydrogen-bond donors (Lipinski definition) is 2. The zero-order valence-electron chi connectivity index (χ0n) is 13.2. The van der Waals surface area contributed by atoms with Gasteiger partial charge in [-0.25, -0.2) is 0 Å². The Morgan fingerprint density at radius 3 is 2.50 bits per heavy atom. The van der Waals surface area contributed by atoms with Crippen molar-refractivity contribution in [1.82, 2.24) is 20.4 Å². The zero-order chi connectivity index (χ0) is 15.5. The lowest BCUT2D eigenvalue weighted by Gasteiger charge is -2.28. The van der Waals surface area contributed by atoms with E-state index in [0.717, 1.165) is 16.7 Å². The molecule has 0 aliphatic heterocycles. The highest BCUT2D eigenvalue weighted by Crippen LogP contribution is 2.25. The van der Waals surface area contributed by atoms with E-state index < -0.39 is 0 Å². The van der Waals surface area contributed by atoms with Gasteiger partial charge in [0.15, 0.2) is 5.69 Å². The molecular formula is C14H25BrN4O. The lowest BCUT2D eigenvalue weighted by atomic mass is 9.93. The largest absolute Gasteiger partial charge is 0.350 e. The van der Waals surface area contributed by atoms with E-state index in [1.54, 1.807) is 0 Å². The summed E-state index contributed by atoms with van der Waals surface area (Å²) in [5.41, 5.74) is 1.39. The number of aromatic amines is 1. The molecule has 0 saturated heterocycles. The number of rotatable bonds is 6. The van der Waals surface area contributed by atoms with Crippen LogP contribution in [0.15, 0.2) is 4.47 Å². The minimum Gasteiger partial charge on any atom is -0.350 e. The van der Waals surface area contributed by atoms with Gasteiger partial charge >= 0.3 is 0 Å². The van der Waals surface area contributed by atoms with Crippen LogP contribution in [0.2, 0.25) is 0 Å². The molecule has 1 heterocycles. The first kappa shape index (κ1) is 17.2. The Morgan fingerprint density at radius 2 is 2.05 bits per heavy atom. The molecular weight excluding hydrogens is 320 g/mol. The molecule has 6 heteroatoms. The van der Waals surface area contributed by atoms with E-state index in [4.69, 9.17) is 0 Å². The molecule has 1 aromatic rings. The van der Waals surface area contributed by atoms with Crippen molar-refractivity contribution in [1.29, 1.82) is 0 Å². The van der Waals surface area contributed by atoms with Crippen molar-refractivity contribution in [2.45, 2.75) is 33.6 Å². The Hall–Kier alpha value is -0.880. The Labute approximate surface area is 129 Å². The molecule has 0 atom stereocenters. The van der Waals surface area contributed by atoms with Crippen molar-refractivity contribution in [3.63, 3.8) is 0 Å². The van der Waals surface area contributed by atoms with E-state index in [-0.39, 0.29) is 11.3 Å². The molecule has 0 bridgehead atoms. The molecule has 2 N–H and O–H groups in total. The summed E-state index contributed by atoms with van der Waals surface area (Å²) in [4.78, 5) is 14.3. The van der Waals surface area contributed by atoms with Crippen LogP contribution in [0.3, 0.4) is 0 Å². The van der Waals surface area contributed by atoms with Gasteiger partial charge in [-0.1, -0.05) is 27.7 Å².